The van der Waals surface area contributed by atoms with Crippen LogP contribution >= 0.6 is 0 Å². The molecule has 58 valence electrons. The van der Waals surface area contributed by atoms with Crippen molar-refractivity contribution in [2.45, 2.75) is 6.42 Å². The van der Waals surface area contributed by atoms with Crippen molar-refractivity contribution in [3.8, 4) is 0 Å². The summed E-state index contributed by atoms with van der Waals surface area (Å²) < 4.78 is 4.45. The Bertz CT molecular complexity index is 235. The monoisotopic (exact) mass is 152 g/mol. The molecule has 4 nitrogen and oxygen atoms in total. The molecule has 0 aliphatic heterocycles. The van der Waals surface area contributed by atoms with Crippen LogP contribution in [0.3, 0.4) is 0 Å². The fourth-order valence-electron chi connectivity index (χ4n) is 0.641. The van der Waals surface area contributed by atoms with Crippen molar-refractivity contribution in [3.63, 3.8) is 0 Å². The topological polar surface area (TPSA) is 52.1 Å². The molecule has 0 aliphatic carbocycles. The molecule has 0 unspecified atom stereocenters. The van der Waals surface area contributed by atoms with Crippen molar-refractivity contribution in [1.82, 2.24) is 9.97 Å². The lowest BCUT2D eigenvalue weighted by Crippen LogP contribution is -2.05. The van der Waals surface area contributed by atoms with Gasteiger partial charge in [0.2, 0.25) is 0 Å². The minimum atomic E-state index is -0.300. The summed E-state index contributed by atoms with van der Waals surface area (Å²) in [6, 6.07) is 0. The van der Waals surface area contributed by atoms with Gasteiger partial charge in [-0.2, -0.15) is 0 Å². The number of rotatable bonds is 2. The molecule has 0 bridgehead atoms. The molecule has 1 aromatic heterocycles. The van der Waals surface area contributed by atoms with Gasteiger partial charge < -0.3 is 4.74 Å². The smallest absolute Gasteiger partial charge is 0.311 e. The fourth-order valence-corrected chi connectivity index (χ4v) is 0.641. The number of hydrogen-bond acceptors (Lipinski definition) is 4. The quantitative estimate of drug-likeness (QED) is 0.568. The van der Waals surface area contributed by atoms with Crippen LogP contribution in [-0.4, -0.2) is 23.0 Å². The number of carbonyl (C=O) groups excluding carboxylic acids is 1. The lowest BCUT2D eigenvalue weighted by Gasteiger charge is -1.96. The summed E-state index contributed by atoms with van der Waals surface area (Å²) in [6.45, 7) is 0. The van der Waals surface area contributed by atoms with E-state index in [2.05, 4.69) is 14.7 Å². The third-order valence-corrected chi connectivity index (χ3v) is 1.17. The van der Waals surface area contributed by atoms with E-state index in [0.29, 0.717) is 5.69 Å². The first-order valence-corrected chi connectivity index (χ1v) is 3.14. The Morgan fingerprint density at radius 1 is 1.64 bits per heavy atom. The fraction of sp³-hybridized carbons (Fsp3) is 0.286. The molecular weight excluding hydrogens is 144 g/mol. The van der Waals surface area contributed by atoms with Crippen LogP contribution in [0.25, 0.3) is 0 Å². The Morgan fingerprint density at radius 3 is 3.00 bits per heavy atom. The molecule has 0 atom stereocenters. The normalized spacial score (nSPS) is 9.18. The Balaban J connectivity index is 2.58. The number of carbonyl (C=O) groups is 1. The summed E-state index contributed by atoms with van der Waals surface area (Å²) in [7, 11) is 1.35. The summed E-state index contributed by atoms with van der Waals surface area (Å²) in [4.78, 5) is 18.4. The zero-order valence-corrected chi connectivity index (χ0v) is 6.15. The average Bonchev–Trinajstić information content (AvgIpc) is 2.06. The summed E-state index contributed by atoms with van der Waals surface area (Å²) in [5, 5.41) is 0. The molecule has 0 saturated heterocycles. The summed E-state index contributed by atoms with van der Waals surface area (Å²) in [6.07, 6.45) is 4.82. The lowest BCUT2D eigenvalue weighted by atomic mass is 10.3. The molecule has 11 heavy (non-hydrogen) atoms. The van der Waals surface area contributed by atoms with Crippen LogP contribution in [0.1, 0.15) is 5.69 Å². The third kappa shape index (κ3) is 2.33. The molecule has 0 spiro atoms. The van der Waals surface area contributed by atoms with Gasteiger partial charge in [-0.05, 0) is 0 Å². The minimum absolute atomic E-state index is 0.185. The second-order valence-electron chi connectivity index (χ2n) is 1.95. The molecule has 1 rings (SSSR count). The van der Waals surface area contributed by atoms with E-state index in [1.807, 2.05) is 0 Å². The van der Waals surface area contributed by atoms with Gasteiger partial charge in [0.05, 0.1) is 19.2 Å². The van der Waals surface area contributed by atoms with E-state index >= 15 is 0 Å². The first-order valence-electron chi connectivity index (χ1n) is 3.14. The highest BCUT2D eigenvalue weighted by molar-refractivity contribution is 5.71. The second kappa shape index (κ2) is 3.65. The first kappa shape index (κ1) is 7.65. The lowest BCUT2D eigenvalue weighted by molar-refractivity contribution is -0.139. The molecular formula is C7H8N2O2. The van der Waals surface area contributed by atoms with Crippen LogP contribution in [0.4, 0.5) is 0 Å². The Kier molecular flexibility index (Phi) is 2.54. The zero-order chi connectivity index (χ0) is 8.10. The largest absolute Gasteiger partial charge is 0.469 e. The number of hydrogen-bond donors (Lipinski definition) is 0. The predicted octanol–water partition coefficient (Wildman–Crippen LogP) is 0.192. The molecule has 0 saturated carbocycles. The van der Waals surface area contributed by atoms with Crippen LogP contribution in [0.2, 0.25) is 0 Å². The maximum Gasteiger partial charge on any atom is 0.311 e. The third-order valence-electron chi connectivity index (χ3n) is 1.17. The van der Waals surface area contributed by atoms with E-state index in [0.717, 1.165) is 0 Å². The number of nitrogens with zero attached hydrogens (tertiary/aromatic N) is 2. The van der Waals surface area contributed by atoms with E-state index in [-0.39, 0.29) is 12.4 Å². The van der Waals surface area contributed by atoms with Gasteiger partial charge in [-0.1, -0.05) is 0 Å². The molecule has 0 N–H and O–H groups in total. The average molecular weight is 152 g/mol. The number of methoxy groups -OCH3 is 1. The Morgan fingerprint density at radius 2 is 2.45 bits per heavy atom. The molecule has 1 aromatic rings. The second-order valence-corrected chi connectivity index (χ2v) is 1.95. The van der Waals surface area contributed by atoms with E-state index < -0.39 is 0 Å². The molecule has 0 radical (unpaired) electrons. The molecule has 1 heterocycles. The van der Waals surface area contributed by atoms with Crippen molar-refractivity contribution in [2.24, 2.45) is 0 Å². The Labute approximate surface area is 64.2 Å². The van der Waals surface area contributed by atoms with Gasteiger partial charge in [-0.15, -0.1) is 0 Å². The molecule has 0 amide bonds. The van der Waals surface area contributed by atoms with Crippen molar-refractivity contribution < 1.29 is 9.53 Å². The van der Waals surface area contributed by atoms with Crippen LogP contribution < -0.4 is 0 Å². The SMILES string of the molecule is COC(=O)Cc1cnccn1. The van der Waals surface area contributed by atoms with Gasteiger partial charge in [0.25, 0.3) is 0 Å². The maximum absolute atomic E-state index is 10.7. The molecule has 0 aromatic carbocycles. The molecule has 0 fully saturated rings. The number of ether oxygens (including phenoxy) is 1. The van der Waals surface area contributed by atoms with Gasteiger partial charge in [-0.25, -0.2) is 0 Å². The van der Waals surface area contributed by atoms with Crippen LogP contribution in [-0.2, 0) is 16.0 Å². The van der Waals surface area contributed by atoms with Crippen molar-refractivity contribution >= 4 is 5.97 Å². The van der Waals surface area contributed by atoms with Gasteiger partial charge in [-0.3, -0.25) is 14.8 Å². The summed E-state index contributed by atoms with van der Waals surface area (Å²) >= 11 is 0. The van der Waals surface area contributed by atoms with Crippen molar-refractivity contribution in [1.29, 1.82) is 0 Å². The highest BCUT2D eigenvalue weighted by atomic mass is 16.5. The standard InChI is InChI=1S/C7H8N2O2/c1-11-7(10)4-6-5-8-2-3-9-6/h2-3,5H,4H2,1H3. The van der Waals surface area contributed by atoms with Crippen LogP contribution in [0.15, 0.2) is 18.6 Å². The van der Waals surface area contributed by atoms with Gasteiger partial charge in [0, 0.05) is 18.6 Å². The first-order chi connectivity index (χ1) is 5.33. The van der Waals surface area contributed by atoms with E-state index in [4.69, 9.17) is 0 Å². The Hall–Kier alpha value is -1.45. The van der Waals surface area contributed by atoms with E-state index in [1.54, 1.807) is 6.20 Å². The molecule has 0 aliphatic rings. The molecule has 4 heteroatoms. The number of esters is 1. The maximum atomic E-state index is 10.7. The van der Waals surface area contributed by atoms with E-state index in [9.17, 15) is 4.79 Å². The summed E-state index contributed by atoms with van der Waals surface area (Å²) in [5.41, 5.74) is 0.624. The van der Waals surface area contributed by atoms with Gasteiger partial charge in [0.1, 0.15) is 0 Å². The van der Waals surface area contributed by atoms with Crippen LogP contribution in [0, 0.1) is 0 Å². The number of aromatic nitrogens is 2. The zero-order valence-electron chi connectivity index (χ0n) is 6.15. The van der Waals surface area contributed by atoms with Crippen molar-refractivity contribution in [2.75, 3.05) is 7.11 Å². The van der Waals surface area contributed by atoms with E-state index in [1.165, 1.54) is 19.5 Å². The van der Waals surface area contributed by atoms with Gasteiger partial charge >= 0.3 is 5.97 Å². The van der Waals surface area contributed by atoms with Crippen LogP contribution in [0.5, 0.6) is 0 Å². The predicted molar refractivity (Wildman–Crippen MR) is 37.8 cm³/mol. The summed E-state index contributed by atoms with van der Waals surface area (Å²) in [5.74, 6) is -0.300. The highest BCUT2D eigenvalue weighted by Crippen LogP contribution is 1.92. The minimum Gasteiger partial charge on any atom is -0.469 e. The highest BCUT2D eigenvalue weighted by Gasteiger charge is 2.02. The van der Waals surface area contributed by atoms with Crippen molar-refractivity contribution in [3.05, 3.63) is 24.3 Å². The van der Waals surface area contributed by atoms with Gasteiger partial charge in [0.15, 0.2) is 0 Å².